The number of aromatic nitrogens is 4. The van der Waals surface area contributed by atoms with Crippen LogP contribution in [0.5, 0.6) is 0 Å². The first-order chi connectivity index (χ1) is 16.7. The van der Waals surface area contributed by atoms with Crippen molar-refractivity contribution in [3.63, 3.8) is 0 Å². The van der Waals surface area contributed by atoms with E-state index in [1.165, 1.54) is 12.2 Å². The Bertz CT molecular complexity index is 1280. The van der Waals surface area contributed by atoms with Gasteiger partial charge in [-0.2, -0.15) is 9.97 Å². The van der Waals surface area contributed by atoms with Gasteiger partial charge in [-0.05, 0) is 25.5 Å². The Morgan fingerprint density at radius 3 is 2.77 bits per heavy atom. The van der Waals surface area contributed by atoms with Crippen molar-refractivity contribution < 1.29 is 23.6 Å². The molecule has 0 saturated heterocycles. The number of hydroxylamine groups is 1. The third-order valence-corrected chi connectivity index (χ3v) is 6.63. The van der Waals surface area contributed by atoms with Crippen LogP contribution in [-0.2, 0) is 18.7 Å². The van der Waals surface area contributed by atoms with E-state index in [0.717, 1.165) is 0 Å². The lowest BCUT2D eigenvalue weighted by molar-refractivity contribution is -0.122. The number of fused-ring (bicyclic) bond motifs is 1. The topological polar surface area (TPSA) is 184 Å². The zero-order valence-corrected chi connectivity index (χ0v) is 20.1. The third kappa shape index (κ3) is 5.43. The fourth-order valence-corrected chi connectivity index (χ4v) is 4.83. The summed E-state index contributed by atoms with van der Waals surface area (Å²) in [4.78, 5) is 40.5. The summed E-state index contributed by atoms with van der Waals surface area (Å²) < 4.78 is 19.6. The molecule has 0 spiro atoms. The summed E-state index contributed by atoms with van der Waals surface area (Å²) in [6.07, 6.45) is 5.95. The number of amides is 1. The monoisotopic (exact) mass is 502 g/mol. The van der Waals surface area contributed by atoms with Crippen LogP contribution in [0, 0.1) is 5.92 Å². The molecule has 14 heteroatoms. The van der Waals surface area contributed by atoms with Crippen LogP contribution in [0.2, 0.25) is 0 Å². The van der Waals surface area contributed by atoms with Gasteiger partial charge in [0.15, 0.2) is 11.5 Å². The number of hydrogen-bond acceptors (Lipinski definition) is 10. The lowest BCUT2D eigenvalue weighted by Crippen LogP contribution is -2.44. The summed E-state index contributed by atoms with van der Waals surface area (Å²) in [7, 11) is -3.01. The molecule has 0 radical (unpaired) electrons. The molecule has 0 fully saturated rings. The van der Waals surface area contributed by atoms with Crippen molar-refractivity contribution in [1.82, 2.24) is 24.6 Å². The molecule has 13 nitrogen and oxygen atoms in total. The molecular weight excluding hydrogens is 475 g/mol. The molecule has 0 aliphatic heterocycles. The number of nitrogens with zero attached hydrogens (tertiary/aromatic N) is 5. The Morgan fingerprint density at radius 2 is 2.06 bits per heavy atom. The fraction of sp³-hybridized carbons (Fsp3) is 0.333. The van der Waals surface area contributed by atoms with Crippen molar-refractivity contribution in [2.45, 2.75) is 25.4 Å². The quantitative estimate of drug-likeness (QED) is 0.190. The second-order valence-corrected chi connectivity index (χ2v) is 9.57. The summed E-state index contributed by atoms with van der Waals surface area (Å²) in [5.41, 5.74) is 13.1. The number of nitrogens with two attached hydrogens (primary N) is 2. The van der Waals surface area contributed by atoms with Crippen LogP contribution >= 0.6 is 7.75 Å². The highest BCUT2D eigenvalue weighted by Gasteiger charge is 2.31. The first-order valence-electron chi connectivity index (χ1n) is 10.8. The van der Waals surface area contributed by atoms with E-state index in [1.807, 2.05) is 22.8 Å². The smallest absolute Gasteiger partial charge is 0.382 e. The first-order valence-corrected chi connectivity index (χ1v) is 12.4. The molecule has 0 saturated carbocycles. The van der Waals surface area contributed by atoms with E-state index in [4.69, 9.17) is 20.8 Å². The number of carbonyl (C=O) groups excluding carboxylic acids is 1. The maximum absolute atomic E-state index is 12.6. The number of nitrogens with one attached hydrogen (secondary N) is 1. The number of imidazole rings is 1. The first kappa shape index (κ1) is 24.6. The van der Waals surface area contributed by atoms with Crippen molar-refractivity contribution in [3.8, 4) is 0 Å². The maximum atomic E-state index is 12.6. The Balaban J connectivity index is 1.34. The van der Waals surface area contributed by atoms with E-state index >= 15 is 0 Å². The van der Waals surface area contributed by atoms with Crippen LogP contribution in [0.1, 0.15) is 19.4 Å². The van der Waals surface area contributed by atoms with Gasteiger partial charge in [-0.15, -0.1) is 0 Å². The van der Waals surface area contributed by atoms with E-state index in [9.17, 15) is 14.3 Å². The molecule has 1 unspecified atom stereocenters. The number of carbonyl (C=O) groups is 1. The highest BCUT2D eigenvalue weighted by molar-refractivity contribution is 7.51. The van der Waals surface area contributed by atoms with Gasteiger partial charge >= 0.3 is 7.75 Å². The molecule has 1 amide bonds. The van der Waals surface area contributed by atoms with E-state index in [2.05, 4.69) is 20.0 Å². The Kier molecular flexibility index (Phi) is 7.03. The Labute approximate surface area is 201 Å². The average molecular weight is 502 g/mol. The summed E-state index contributed by atoms with van der Waals surface area (Å²) in [6, 6.07) is 7.89. The Hall–Kier alpha value is -3.51. The van der Waals surface area contributed by atoms with Crippen LogP contribution in [0.3, 0.4) is 0 Å². The van der Waals surface area contributed by atoms with Crippen LogP contribution in [0.15, 0.2) is 48.8 Å². The van der Waals surface area contributed by atoms with E-state index in [-0.39, 0.29) is 30.3 Å². The van der Waals surface area contributed by atoms with Gasteiger partial charge in [0.1, 0.15) is 11.6 Å². The molecule has 4 atom stereocenters. The Morgan fingerprint density at radius 1 is 1.31 bits per heavy atom. The standard InChI is InChI=1S/C21H27N8O5P/c1-13(29(33-2)15-6-4-3-5-7-15)20(30)27-35(31,32)34-11-14-8-9-16(10-14)28-12-24-17-18(22)25-21(23)26-19(17)28/h3-9,12-14,16H,10-11H2,1-2H3,(H4,22,23,25,26)(H2,27,30,31,32)/t13-,14+,16-/m0/s1. The minimum absolute atomic E-state index is 0.0455. The molecule has 1 aromatic carbocycles. The number of rotatable bonds is 9. The molecule has 4 rings (SSSR count). The molecule has 35 heavy (non-hydrogen) atoms. The number of hydrogen-bond donors (Lipinski definition) is 4. The van der Waals surface area contributed by atoms with Gasteiger partial charge in [0.2, 0.25) is 5.95 Å². The number of nitrogen functional groups attached to an aromatic ring is 2. The van der Waals surface area contributed by atoms with Gasteiger partial charge in [-0.3, -0.25) is 19.2 Å². The third-order valence-electron chi connectivity index (χ3n) is 5.63. The van der Waals surface area contributed by atoms with Crippen LogP contribution < -0.4 is 21.6 Å². The highest BCUT2D eigenvalue weighted by Crippen LogP contribution is 2.40. The van der Waals surface area contributed by atoms with Crippen molar-refractivity contribution in [2.24, 2.45) is 5.92 Å². The molecule has 1 aliphatic rings. The van der Waals surface area contributed by atoms with Crippen LogP contribution in [0.4, 0.5) is 17.5 Å². The van der Waals surface area contributed by atoms with Crippen molar-refractivity contribution >= 4 is 42.3 Å². The lowest BCUT2D eigenvalue weighted by Gasteiger charge is -2.28. The molecule has 3 aromatic rings. The van der Waals surface area contributed by atoms with Crippen LogP contribution in [-0.4, -0.2) is 50.1 Å². The van der Waals surface area contributed by atoms with Gasteiger partial charge in [-0.25, -0.2) is 14.6 Å². The van der Waals surface area contributed by atoms with E-state index < -0.39 is 19.7 Å². The molecule has 186 valence electrons. The van der Waals surface area contributed by atoms with Crippen molar-refractivity contribution in [3.05, 3.63) is 48.8 Å². The average Bonchev–Trinajstić information content (AvgIpc) is 3.45. The number of allylic oxidation sites excluding steroid dienone is 1. The van der Waals surface area contributed by atoms with Gasteiger partial charge < -0.3 is 20.9 Å². The summed E-state index contributed by atoms with van der Waals surface area (Å²) in [6.45, 7) is 1.47. The molecule has 1 aliphatic carbocycles. The largest absolute Gasteiger partial charge is 0.432 e. The van der Waals surface area contributed by atoms with Gasteiger partial charge in [0.05, 0.1) is 31.8 Å². The van der Waals surface area contributed by atoms with Gasteiger partial charge in [0, 0.05) is 5.92 Å². The second-order valence-electron chi connectivity index (χ2n) is 8.05. The van der Waals surface area contributed by atoms with E-state index in [1.54, 1.807) is 37.5 Å². The SMILES string of the molecule is CON(c1ccccc1)[C@@H](C)C(=O)NP(=O)(O)OC[C@@H]1C=C[C@H](n2cnc3c(N)nc(N)nc32)C1. The van der Waals surface area contributed by atoms with Gasteiger partial charge in [0.25, 0.3) is 5.91 Å². The molecule has 6 N–H and O–H groups in total. The zero-order chi connectivity index (χ0) is 25.2. The van der Waals surface area contributed by atoms with E-state index in [0.29, 0.717) is 23.3 Å². The molecule has 2 aromatic heterocycles. The zero-order valence-electron chi connectivity index (χ0n) is 19.2. The minimum atomic E-state index is -4.42. The molecule has 2 heterocycles. The second kappa shape index (κ2) is 10.0. The predicted octanol–water partition coefficient (Wildman–Crippen LogP) is 1.80. The minimum Gasteiger partial charge on any atom is -0.382 e. The predicted molar refractivity (Wildman–Crippen MR) is 130 cm³/mol. The van der Waals surface area contributed by atoms with Crippen molar-refractivity contribution in [2.75, 3.05) is 30.2 Å². The molecular formula is C21H27N8O5P. The van der Waals surface area contributed by atoms with Gasteiger partial charge in [-0.1, -0.05) is 30.4 Å². The number of benzene rings is 1. The highest BCUT2D eigenvalue weighted by atomic mass is 31.2. The summed E-state index contributed by atoms with van der Waals surface area (Å²) >= 11 is 0. The van der Waals surface area contributed by atoms with Crippen molar-refractivity contribution in [1.29, 1.82) is 0 Å². The number of anilines is 3. The van der Waals surface area contributed by atoms with Crippen LogP contribution in [0.25, 0.3) is 11.2 Å². The molecule has 0 bridgehead atoms. The summed E-state index contributed by atoms with van der Waals surface area (Å²) in [5, 5.41) is 3.42. The summed E-state index contributed by atoms with van der Waals surface area (Å²) in [5.74, 6) is -0.660. The lowest BCUT2D eigenvalue weighted by atomic mass is 10.1. The maximum Gasteiger partial charge on any atom is 0.432 e. The normalized spacial score (nSPS) is 20.0. The number of para-hydroxylation sites is 1. The fourth-order valence-electron chi connectivity index (χ4n) is 3.91.